The molecule has 0 amide bonds. The Morgan fingerprint density at radius 3 is 1.93 bits per heavy atom. The Kier molecular flexibility index (Phi) is 11.4. The van der Waals surface area contributed by atoms with Crippen LogP contribution in [-0.2, 0) is 26.5 Å². The van der Waals surface area contributed by atoms with Gasteiger partial charge >= 0.3 is 0 Å². The maximum Gasteiger partial charge on any atom is 0.217 e. The van der Waals surface area contributed by atoms with Gasteiger partial charge in [-0.25, -0.2) is 15.0 Å². The first-order chi connectivity index (χ1) is 27.4. The number of hydrogen-bond acceptors (Lipinski definition) is 8. The van der Waals surface area contributed by atoms with E-state index in [0.717, 1.165) is 33.4 Å². The van der Waals surface area contributed by atoms with Gasteiger partial charge in [0.2, 0.25) is 11.8 Å². The molecule has 0 spiro atoms. The first-order valence-corrected chi connectivity index (χ1v) is 19.3. The van der Waals surface area contributed by atoms with Crippen LogP contribution in [0.5, 0.6) is 17.4 Å². The van der Waals surface area contributed by atoms with Gasteiger partial charge in [-0.05, 0) is 57.3 Å². The number of benzene rings is 5. The van der Waals surface area contributed by atoms with Crippen molar-refractivity contribution in [1.82, 2.24) is 24.9 Å². The molecule has 9 heteroatoms. The number of aromatic hydroxyl groups is 1. The van der Waals surface area contributed by atoms with Crippen molar-refractivity contribution in [2.24, 2.45) is 0 Å². The van der Waals surface area contributed by atoms with E-state index in [9.17, 15) is 5.11 Å². The van der Waals surface area contributed by atoms with Gasteiger partial charge in [-0.15, -0.1) is 23.8 Å². The standard InChI is InChI=1S/C49H44N5O3.Pt/c1-29(2)37-17-12-18-38(30(3)4)44(37)47-53-45(52-46(54-47)39-27-42-40(28-41(39)55)51-48(57-42)49(5,6)7)35-15-11-16-36(25-35)56-43-26-34(23-24-50-43)33-21-19-32(20-22-33)31-13-9-8-10-14-31;/h8-24,26-30,55H,1-7H3;/q-1;. The van der Waals surface area contributed by atoms with Gasteiger partial charge in [-0.1, -0.05) is 127 Å². The number of aromatic nitrogens is 5. The molecule has 294 valence electrons. The summed E-state index contributed by atoms with van der Waals surface area (Å²) in [5.74, 6) is 3.01. The molecule has 8 aromatic rings. The number of phenolic OH excluding ortho intramolecular Hbond substituents is 1. The van der Waals surface area contributed by atoms with Gasteiger partial charge in [0.05, 0.1) is 11.4 Å². The summed E-state index contributed by atoms with van der Waals surface area (Å²) in [5.41, 5.74) is 9.31. The van der Waals surface area contributed by atoms with Crippen molar-refractivity contribution in [1.29, 1.82) is 0 Å². The second-order valence-corrected chi connectivity index (χ2v) is 15.9. The number of oxazole rings is 1. The number of phenols is 1. The molecule has 0 saturated heterocycles. The molecular formula is C49H44N5O3Pt-. The Hall–Kier alpha value is -5.98. The first-order valence-electron chi connectivity index (χ1n) is 19.3. The van der Waals surface area contributed by atoms with Crippen LogP contribution in [0.25, 0.3) is 67.5 Å². The van der Waals surface area contributed by atoms with E-state index < -0.39 is 0 Å². The largest absolute Gasteiger partial charge is 0.507 e. The van der Waals surface area contributed by atoms with Gasteiger partial charge in [-0.2, -0.15) is 0 Å². The predicted octanol–water partition coefficient (Wildman–Crippen LogP) is 12.6. The summed E-state index contributed by atoms with van der Waals surface area (Å²) in [6, 6.07) is 41.3. The first kappa shape index (κ1) is 40.2. The van der Waals surface area contributed by atoms with E-state index >= 15 is 0 Å². The molecule has 0 atom stereocenters. The Bertz CT molecular complexity index is 2690. The van der Waals surface area contributed by atoms with Gasteiger partial charge < -0.3 is 14.3 Å². The molecule has 8 nitrogen and oxygen atoms in total. The quantitative estimate of drug-likeness (QED) is 0.143. The Balaban J connectivity index is 0.00000512. The number of rotatable bonds is 9. The summed E-state index contributed by atoms with van der Waals surface area (Å²) in [4.78, 5) is 24.3. The molecule has 1 N–H and O–H groups in total. The van der Waals surface area contributed by atoms with Crippen molar-refractivity contribution in [2.45, 2.75) is 65.7 Å². The summed E-state index contributed by atoms with van der Waals surface area (Å²) >= 11 is 0. The third-order valence-corrected chi connectivity index (χ3v) is 9.90. The Morgan fingerprint density at radius 1 is 0.638 bits per heavy atom. The zero-order valence-electron chi connectivity index (χ0n) is 33.5. The van der Waals surface area contributed by atoms with Gasteiger partial charge in [0.1, 0.15) is 11.3 Å². The molecule has 0 aliphatic rings. The van der Waals surface area contributed by atoms with Crippen LogP contribution in [-0.4, -0.2) is 30.0 Å². The smallest absolute Gasteiger partial charge is 0.217 e. The minimum Gasteiger partial charge on any atom is -0.507 e. The predicted molar refractivity (Wildman–Crippen MR) is 226 cm³/mol. The molecule has 0 saturated carbocycles. The maximum absolute atomic E-state index is 11.4. The van der Waals surface area contributed by atoms with Crippen LogP contribution < -0.4 is 4.74 Å². The topological polar surface area (TPSA) is 107 Å². The van der Waals surface area contributed by atoms with E-state index in [2.05, 4.69) is 98.3 Å². The third-order valence-electron chi connectivity index (χ3n) is 9.90. The average Bonchev–Trinajstić information content (AvgIpc) is 3.64. The minimum absolute atomic E-state index is 0. The number of nitrogens with zero attached hydrogens (tertiary/aromatic N) is 5. The van der Waals surface area contributed by atoms with Crippen molar-refractivity contribution in [3.05, 3.63) is 145 Å². The second-order valence-electron chi connectivity index (χ2n) is 15.9. The molecular weight excluding hydrogens is 902 g/mol. The normalized spacial score (nSPS) is 11.6. The number of ether oxygens (including phenoxy) is 1. The van der Waals surface area contributed by atoms with E-state index in [1.807, 2.05) is 69.3 Å². The van der Waals surface area contributed by atoms with Crippen LogP contribution in [0.1, 0.15) is 77.3 Å². The van der Waals surface area contributed by atoms with Gasteiger partial charge in [0.15, 0.2) is 17.2 Å². The zero-order chi connectivity index (χ0) is 39.8. The summed E-state index contributed by atoms with van der Waals surface area (Å²) in [6.07, 6.45) is 1.74. The van der Waals surface area contributed by atoms with Crippen LogP contribution >= 0.6 is 0 Å². The molecule has 0 radical (unpaired) electrons. The summed E-state index contributed by atoms with van der Waals surface area (Å²) in [6.45, 7) is 14.8. The van der Waals surface area contributed by atoms with E-state index in [4.69, 9.17) is 24.1 Å². The van der Waals surface area contributed by atoms with Gasteiger partial charge in [0.25, 0.3) is 0 Å². The van der Waals surface area contributed by atoms with E-state index in [1.54, 1.807) is 18.3 Å². The van der Waals surface area contributed by atoms with E-state index in [1.165, 1.54) is 5.56 Å². The number of hydrogen-bond donors (Lipinski definition) is 1. The average molecular weight is 946 g/mol. The van der Waals surface area contributed by atoms with Crippen LogP contribution in [0, 0.1) is 6.07 Å². The van der Waals surface area contributed by atoms with Crippen molar-refractivity contribution in [2.75, 3.05) is 0 Å². The fraction of sp³-hybridized carbons (Fsp3) is 0.204. The molecule has 58 heavy (non-hydrogen) atoms. The fourth-order valence-electron chi connectivity index (χ4n) is 6.88. The molecule has 5 aromatic carbocycles. The fourth-order valence-corrected chi connectivity index (χ4v) is 6.88. The molecule has 0 aliphatic carbocycles. The summed E-state index contributed by atoms with van der Waals surface area (Å²) in [7, 11) is 0. The minimum atomic E-state index is -0.315. The Labute approximate surface area is 353 Å². The molecule has 0 bridgehead atoms. The van der Waals surface area contributed by atoms with Gasteiger partial charge in [0, 0.05) is 56.1 Å². The third kappa shape index (κ3) is 8.34. The number of pyridine rings is 1. The molecule has 0 fully saturated rings. The van der Waals surface area contributed by atoms with Crippen LogP contribution in [0.4, 0.5) is 0 Å². The zero-order valence-corrected chi connectivity index (χ0v) is 35.8. The van der Waals surface area contributed by atoms with Gasteiger partial charge in [-0.3, -0.25) is 9.97 Å². The second kappa shape index (κ2) is 16.5. The van der Waals surface area contributed by atoms with E-state index in [-0.39, 0.29) is 44.1 Å². The van der Waals surface area contributed by atoms with Crippen LogP contribution in [0.15, 0.2) is 126 Å². The van der Waals surface area contributed by atoms with Crippen molar-refractivity contribution in [3.63, 3.8) is 0 Å². The molecule has 8 rings (SSSR count). The molecule has 3 aromatic heterocycles. The number of fused-ring (bicyclic) bond motifs is 1. The maximum atomic E-state index is 11.4. The van der Waals surface area contributed by atoms with Crippen molar-refractivity contribution in [3.8, 4) is 73.8 Å². The molecule has 3 heterocycles. The monoisotopic (exact) mass is 945 g/mol. The molecule has 0 aliphatic heterocycles. The van der Waals surface area contributed by atoms with Crippen LogP contribution in [0.3, 0.4) is 0 Å². The summed E-state index contributed by atoms with van der Waals surface area (Å²) in [5, 5.41) is 11.4. The van der Waals surface area contributed by atoms with Crippen LogP contribution in [0.2, 0.25) is 0 Å². The Morgan fingerprint density at radius 2 is 1.26 bits per heavy atom. The summed E-state index contributed by atoms with van der Waals surface area (Å²) < 4.78 is 12.5. The SMILES string of the molecule is CC(C)c1cccc(C(C)C)c1-c1nc(-c2[c-]c(Oc3cc(-c4ccc(-c5ccccc5)cc4)ccn3)ccc2)nc(-c2cc3oc(C(C)(C)C)nc3cc2O)n1.[Pt]. The molecule has 0 unspecified atom stereocenters. The van der Waals surface area contributed by atoms with E-state index in [0.29, 0.717) is 57.2 Å². The van der Waals surface area contributed by atoms with Crippen molar-refractivity contribution >= 4 is 11.1 Å². The van der Waals surface area contributed by atoms with Crippen molar-refractivity contribution < 1.29 is 35.3 Å².